The molecule has 0 radical (unpaired) electrons. The van der Waals surface area contributed by atoms with Gasteiger partial charge < -0.3 is 10.8 Å². The van der Waals surface area contributed by atoms with Gasteiger partial charge in [-0.2, -0.15) is 13.2 Å². The van der Waals surface area contributed by atoms with Gasteiger partial charge in [0.05, 0.1) is 11.5 Å². The van der Waals surface area contributed by atoms with E-state index in [0.29, 0.717) is 25.1 Å². The number of carboxylic acid groups (broad SMARTS) is 1. The van der Waals surface area contributed by atoms with Gasteiger partial charge in [0, 0.05) is 19.1 Å². The normalized spacial score (nSPS) is 21.4. The molecule has 2 rings (SSSR count). The number of nitrogens with zero attached hydrogens (tertiary/aromatic N) is 1. The van der Waals surface area contributed by atoms with E-state index in [4.69, 9.17) is 10.8 Å². The molecule has 4 nitrogen and oxygen atoms in total. The summed E-state index contributed by atoms with van der Waals surface area (Å²) in [7, 11) is 0. The van der Waals surface area contributed by atoms with Crippen LogP contribution in [0.3, 0.4) is 0 Å². The van der Waals surface area contributed by atoms with Crippen LogP contribution >= 0.6 is 0 Å². The Hall–Kier alpha value is -1.60. The number of nitrogens with two attached hydrogens (primary N) is 1. The maximum Gasteiger partial charge on any atom is 0.416 e. The number of benzene rings is 1. The van der Waals surface area contributed by atoms with Crippen LogP contribution in [0.1, 0.15) is 23.6 Å². The van der Waals surface area contributed by atoms with E-state index in [-0.39, 0.29) is 12.6 Å². The molecule has 3 N–H and O–H groups in total. The fraction of sp³-hybridized carbons (Fsp3) is 0.500. The van der Waals surface area contributed by atoms with Crippen LogP contribution in [0.4, 0.5) is 13.2 Å². The minimum absolute atomic E-state index is 0.234. The Morgan fingerprint density at radius 2 is 2.00 bits per heavy atom. The number of halogens is 3. The lowest BCUT2D eigenvalue weighted by Crippen LogP contribution is -2.33. The van der Waals surface area contributed by atoms with Crippen molar-refractivity contribution >= 4 is 5.97 Å². The summed E-state index contributed by atoms with van der Waals surface area (Å²) in [4.78, 5) is 12.9. The summed E-state index contributed by atoms with van der Waals surface area (Å²) in [6.45, 7) is 1.19. The van der Waals surface area contributed by atoms with Crippen molar-refractivity contribution in [2.45, 2.75) is 18.6 Å². The molecule has 0 aliphatic carbocycles. The third-order valence-corrected chi connectivity index (χ3v) is 3.86. The first-order chi connectivity index (χ1) is 9.82. The molecule has 1 heterocycles. The third-order valence-electron chi connectivity index (χ3n) is 3.86. The van der Waals surface area contributed by atoms with Crippen molar-refractivity contribution in [2.75, 3.05) is 19.6 Å². The Morgan fingerprint density at radius 3 is 2.43 bits per heavy atom. The Kier molecular flexibility index (Phi) is 4.53. The molecule has 1 aromatic rings. The van der Waals surface area contributed by atoms with E-state index in [2.05, 4.69) is 0 Å². The molecule has 1 aliphatic rings. The van der Waals surface area contributed by atoms with Gasteiger partial charge >= 0.3 is 12.1 Å². The van der Waals surface area contributed by atoms with Crippen LogP contribution in [0.15, 0.2) is 24.3 Å². The van der Waals surface area contributed by atoms with Crippen molar-refractivity contribution in [2.24, 2.45) is 11.7 Å². The second kappa shape index (κ2) is 6.03. The van der Waals surface area contributed by atoms with Crippen LogP contribution < -0.4 is 5.73 Å². The molecule has 21 heavy (non-hydrogen) atoms. The SMILES string of the molecule is NC[C@H](c1ccc(C(F)(F)F)cc1)N1CC[C@@H](C(=O)O)C1. The van der Waals surface area contributed by atoms with Crippen LogP contribution in [-0.4, -0.2) is 35.6 Å². The smallest absolute Gasteiger partial charge is 0.416 e. The number of hydrogen-bond acceptors (Lipinski definition) is 3. The zero-order valence-corrected chi connectivity index (χ0v) is 11.3. The van der Waals surface area contributed by atoms with Crippen LogP contribution in [-0.2, 0) is 11.0 Å². The fourth-order valence-electron chi connectivity index (χ4n) is 2.66. The van der Waals surface area contributed by atoms with E-state index in [1.54, 1.807) is 0 Å². The van der Waals surface area contributed by atoms with Gasteiger partial charge in [-0.05, 0) is 30.7 Å². The number of aliphatic carboxylic acids is 1. The van der Waals surface area contributed by atoms with Gasteiger partial charge in [0.25, 0.3) is 0 Å². The zero-order chi connectivity index (χ0) is 15.6. The van der Waals surface area contributed by atoms with Crippen molar-refractivity contribution in [1.82, 2.24) is 4.90 Å². The van der Waals surface area contributed by atoms with E-state index in [1.807, 2.05) is 4.90 Å². The number of rotatable bonds is 4. The summed E-state index contributed by atoms with van der Waals surface area (Å²) in [6.07, 6.45) is -3.83. The molecule has 2 atom stereocenters. The van der Waals surface area contributed by atoms with E-state index >= 15 is 0 Å². The zero-order valence-electron chi connectivity index (χ0n) is 11.3. The van der Waals surface area contributed by atoms with Gasteiger partial charge in [-0.1, -0.05) is 12.1 Å². The summed E-state index contributed by atoms with van der Waals surface area (Å²) < 4.78 is 37.6. The highest BCUT2D eigenvalue weighted by molar-refractivity contribution is 5.70. The first-order valence-corrected chi connectivity index (χ1v) is 6.67. The molecule has 0 saturated carbocycles. The van der Waals surface area contributed by atoms with Crippen molar-refractivity contribution in [3.8, 4) is 0 Å². The molecule has 1 fully saturated rings. The van der Waals surface area contributed by atoms with E-state index in [1.165, 1.54) is 12.1 Å². The van der Waals surface area contributed by atoms with Gasteiger partial charge in [0.1, 0.15) is 0 Å². The Labute approximate surface area is 120 Å². The molecule has 0 amide bonds. The molecule has 1 aliphatic heterocycles. The minimum Gasteiger partial charge on any atom is -0.481 e. The fourth-order valence-corrected chi connectivity index (χ4v) is 2.66. The molecule has 0 unspecified atom stereocenters. The average molecular weight is 302 g/mol. The van der Waals surface area contributed by atoms with Crippen LogP contribution in [0.25, 0.3) is 0 Å². The van der Waals surface area contributed by atoms with E-state index in [9.17, 15) is 18.0 Å². The Balaban J connectivity index is 2.13. The molecule has 1 aromatic carbocycles. The number of carbonyl (C=O) groups is 1. The van der Waals surface area contributed by atoms with Gasteiger partial charge in [0.15, 0.2) is 0 Å². The number of hydrogen-bond donors (Lipinski definition) is 2. The second-order valence-corrected chi connectivity index (χ2v) is 5.19. The number of carboxylic acids is 1. The molecule has 1 saturated heterocycles. The first-order valence-electron chi connectivity index (χ1n) is 6.67. The summed E-state index contributed by atoms with van der Waals surface area (Å²) in [5.41, 5.74) is 5.69. The summed E-state index contributed by atoms with van der Waals surface area (Å²) in [6, 6.07) is 4.63. The summed E-state index contributed by atoms with van der Waals surface area (Å²) >= 11 is 0. The lowest BCUT2D eigenvalue weighted by Gasteiger charge is -2.27. The maximum absolute atomic E-state index is 12.5. The predicted octanol–water partition coefficient (Wildman–Crippen LogP) is 2.11. The molecule has 0 spiro atoms. The monoisotopic (exact) mass is 302 g/mol. The van der Waals surface area contributed by atoms with Gasteiger partial charge in [-0.3, -0.25) is 9.69 Å². The molecular formula is C14H17F3N2O2. The van der Waals surface area contributed by atoms with E-state index < -0.39 is 23.6 Å². The van der Waals surface area contributed by atoms with Crippen molar-refractivity contribution in [3.63, 3.8) is 0 Å². The van der Waals surface area contributed by atoms with Gasteiger partial charge in [-0.15, -0.1) is 0 Å². The first kappa shape index (κ1) is 15.8. The van der Waals surface area contributed by atoms with Gasteiger partial charge in [-0.25, -0.2) is 0 Å². The minimum atomic E-state index is -4.36. The van der Waals surface area contributed by atoms with Crippen LogP contribution in [0, 0.1) is 5.92 Å². The average Bonchev–Trinajstić information content (AvgIpc) is 2.89. The highest BCUT2D eigenvalue weighted by atomic mass is 19.4. The lowest BCUT2D eigenvalue weighted by molar-refractivity contribution is -0.141. The number of likely N-dealkylation sites (tertiary alicyclic amines) is 1. The third kappa shape index (κ3) is 3.54. The lowest BCUT2D eigenvalue weighted by atomic mass is 10.0. The van der Waals surface area contributed by atoms with Crippen molar-refractivity contribution in [3.05, 3.63) is 35.4 Å². The molecule has 7 heteroatoms. The largest absolute Gasteiger partial charge is 0.481 e. The Bertz CT molecular complexity index is 502. The van der Waals surface area contributed by atoms with Crippen molar-refractivity contribution in [1.29, 1.82) is 0 Å². The molecule has 0 aromatic heterocycles. The van der Waals surface area contributed by atoms with E-state index in [0.717, 1.165) is 12.1 Å². The standard InChI is InChI=1S/C14H17F3N2O2/c15-14(16,17)11-3-1-9(2-4-11)12(7-18)19-6-5-10(8-19)13(20)21/h1-4,10,12H,5-8,18H2,(H,20,21)/t10-,12-/m1/s1. The predicted molar refractivity (Wildman–Crippen MR) is 70.6 cm³/mol. The second-order valence-electron chi connectivity index (χ2n) is 5.19. The topological polar surface area (TPSA) is 66.6 Å². The van der Waals surface area contributed by atoms with Gasteiger partial charge in [0.2, 0.25) is 0 Å². The molecule has 0 bridgehead atoms. The Morgan fingerprint density at radius 1 is 1.38 bits per heavy atom. The highest BCUT2D eigenvalue weighted by Gasteiger charge is 2.33. The molecular weight excluding hydrogens is 285 g/mol. The number of alkyl halides is 3. The summed E-state index contributed by atoms with van der Waals surface area (Å²) in [5, 5.41) is 9.00. The highest BCUT2D eigenvalue weighted by Crippen LogP contribution is 2.32. The van der Waals surface area contributed by atoms with Crippen LogP contribution in [0.2, 0.25) is 0 Å². The molecule has 116 valence electrons. The maximum atomic E-state index is 12.5. The summed E-state index contributed by atoms with van der Waals surface area (Å²) in [5.74, 6) is -1.28. The van der Waals surface area contributed by atoms with Crippen LogP contribution in [0.5, 0.6) is 0 Å². The van der Waals surface area contributed by atoms with Crippen molar-refractivity contribution < 1.29 is 23.1 Å². The quantitative estimate of drug-likeness (QED) is 0.894.